The van der Waals surface area contributed by atoms with E-state index < -0.39 is 12.4 Å². The Morgan fingerprint density at radius 3 is 2.74 bits per heavy atom. The van der Waals surface area contributed by atoms with Gasteiger partial charge in [-0.15, -0.1) is 0 Å². The summed E-state index contributed by atoms with van der Waals surface area (Å²) in [5.74, 6) is 0. The molecule has 1 saturated heterocycles. The zero-order valence-electron chi connectivity index (χ0n) is 10.9. The average molecular weight is 266 g/mol. The third-order valence-corrected chi connectivity index (χ3v) is 2.88. The van der Waals surface area contributed by atoms with Gasteiger partial charge in [-0.2, -0.15) is 0 Å². The second-order valence-corrected chi connectivity index (χ2v) is 4.31. The van der Waals surface area contributed by atoms with E-state index in [1.54, 1.807) is 0 Å². The molecule has 0 amide bonds. The Bertz CT molecular complexity index is 392. The molecule has 0 bridgehead atoms. The molecule has 1 fully saturated rings. The lowest BCUT2D eigenvalue weighted by atomic mass is 10.2. The minimum atomic E-state index is -0.665. The fourth-order valence-electron chi connectivity index (χ4n) is 1.92. The third-order valence-electron chi connectivity index (χ3n) is 2.88. The zero-order chi connectivity index (χ0) is 13.5. The number of methoxy groups -OCH3 is 1. The maximum absolute atomic E-state index is 10.9. The van der Waals surface area contributed by atoms with E-state index in [2.05, 4.69) is 0 Å². The van der Waals surface area contributed by atoms with Gasteiger partial charge in [-0.3, -0.25) is 0 Å². The average Bonchev–Trinajstić information content (AvgIpc) is 2.80. The zero-order valence-corrected chi connectivity index (χ0v) is 10.9. The van der Waals surface area contributed by atoms with Crippen LogP contribution in [0.5, 0.6) is 0 Å². The van der Waals surface area contributed by atoms with Crippen LogP contribution >= 0.6 is 0 Å². The molecule has 1 aliphatic heterocycles. The van der Waals surface area contributed by atoms with E-state index >= 15 is 0 Å². The summed E-state index contributed by atoms with van der Waals surface area (Å²) in [7, 11) is 1.49. The van der Waals surface area contributed by atoms with Gasteiger partial charge >= 0.3 is 6.16 Å². The molecule has 1 aromatic carbocycles. The first-order valence-electron chi connectivity index (χ1n) is 6.31. The normalized spacial score (nSPS) is 22.1. The maximum atomic E-state index is 10.9. The third kappa shape index (κ3) is 4.22. The van der Waals surface area contributed by atoms with Crippen molar-refractivity contribution in [2.75, 3.05) is 13.7 Å². The molecule has 2 unspecified atom stereocenters. The number of hydrogen-bond donors (Lipinski definition) is 0. The van der Waals surface area contributed by atoms with Crippen LogP contribution in [0, 0.1) is 0 Å². The molecule has 1 aliphatic rings. The highest BCUT2D eigenvalue weighted by molar-refractivity contribution is 5.62. The molecular weight excluding hydrogens is 248 g/mol. The van der Waals surface area contributed by atoms with E-state index in [9.17, 15) is 4.79 Å². The predicted octanol–water partition coefficient (Wildman–Crippen LogP) is 2.49. The molecular formula is C14H18O5. The summed E-state index contributed by atoms with van der Waals surface area (Å²) in [5, 5.41) is 0. The number of hydrogen-bond acceptors (Lipinski definition) is 5. The van der Waals surface area contributed by atoms with Crippen LogP contribution in [0.15, 0.2) is 30.3 Å². The lowest BCUT2D eigenvalue weighted by Gasteiger charge is -2.13. The van der Waals surface area contributed by atoms with Crippen molar-refractivity contribution in [3.8, 4) is 0 Å². The van der Waals surface area contributed by atoms with Crippen molar-refractivity contribution in [3.63, 3.8) is 0 Å². The Morgan fingerprint density at radius 1 is 1.21 bits per heavy atom. The van der Waals surface area contributed by atoms with Crippen LogP contribution in [0.1, 0.15) is 18.4 Å². The Balaban J connectivity index is 1.60. The Morgan fingerprint density at radius 2 is 2.00 bits per heavy atom. The minimum Gasteiger partial charge on any atom is -0.424 e. The number of ether oxygens (including phenoxy) is 4. The Hall–Kier alpha value is -1.59. The SMILES string of the molecule is COC1OC(=O)OC1CCCOCc1ccccc1. The molecule has 0 aliphatic carbocycles. The Kier molecular flexibility index (Phi) is 5.18. The smallest absolute Gasteiger partial charge is 0.424 e. The number of carbonyl (C=O) groups is 1. The number of cyclic esters (lactones) is 2. The van der Waals surface area contributed by atoms with Gasteiger partial charge in [0.2, 0.25) is 6.29 Å². The molecule has 0 aromatic heterocycles. The van der Waals surface area contributed by atoms with E-state index in [0.29, 0.717) is 19.6 Å². The molecule has 104 valence electrons. The van der Waals surface area contributed by atoms with E-state index in [1.807, 2.05) is 30.3 Å². The molecule has 0 radical (unpaired) electrons. The summed E-state index contributed by atoms with van der Waals surface area (Å²) in [4.78, 5) is 10.9. The van der Waals surface area contributed by atoms with E-state index in [-0.39, 0.29) is 6.10 Å². The van der Waals surface area contributed by atoms with Gasteiger partial charge in [-0.05, 0) is 18.4 Å². The van der Waals surface area contributed by atoms with E-state index in [1.165, 1.54) is 7.11 Å². The number of benzene rings is 1. The maximum Gasteiger partial charge on any atom is 0.511 e. The lowest BCUT2D eigenvalue weighted by molar-refractivity contribution is -0.0795. The number of carbonyl (C=O) groups excluding carboxylic acids is 1. The largest absolute Gasteiger partial charge is 0.511 e. The van der Waals surface area contributed by atoms with Crippen LogP contribution in [0.3, 0.4) is 0 Å². The summed E-state index contributed by atoms with van der Waals surface area (Å²) in [6.07, 6.45) is -0.144. The fourth-order valence-corrected chi connectivity index (χ4v) is 1.92. The molecule has 0 saturated carbocycles. The second kappa shape index (κ2) is 7.11. The predicted molar refractivity (Wildman–Crippen MR) is 67.5 cm³/mol. The van der Waals surface area contributed by atoms with Crippen LogP contribution < -0.4 is 0 Å². The van der Waals surface area contributed by atoms with Gasteiger partial charge in [-0.1, -0.05) is 30.3 Å². The fraction of sp³-hybridized carbons (Fsp3) is 0.500. The first kappa shape index (κ1) is 13.8. The van der Waals surface area contributed by atoms with Crippen molar-refractivity contribution in [1.82, 2.24) is 0 Å². The quantitative estimate of drug-likeness (QED) is 0.560. The molecule has 2 rings (SSSR count). The van der Waals surface area contributed by atoms with Gasteiger partial charge in [0.05, 0.1) is 6.61 Å². The molecule has 5 heteroatoms. The van der Waals surface area contributed by atoms with E-state index in [4.69, 9.17) is 18.9 Å². The Labute approximate surface area is 112 Å². The molecule has 0 spiro atoms. The second-order valence-electron chi connectivity index (χ2n) is 4.31. The lowest BCUT2D eigenvalue weighted by Crippen LogP contribution is -2.24. The monoisotopic (exact) mass is 266 g/mol. The van der Waals surface area contributed by atoms with Gasteiger partial charge in [0.15, 0.2) is 6.10 Å². The highest BCUT2D eigenvalue weighted by Gasteiger charge is 2.36. The van der Waals surface area contributed by atoms with Crippen LogP contribution in [0.2, 0.25) is 0 Å². The first-order valence-corrected chi connectivity index (χ1v) is 6.31. The van der Waals surface area contributed by atoms with Gasteiger partial charge in [-0.25, -0.2) is 4.79 Å². The summed E-state index contributed by atoms with van der Waals surface area (Å²) < 4.78 is 20.4. The molecule has 5 nitrogen and oxygen atoms in total. The van der Waals surface area contributed by atoms with Crippen molar-refractivity contribution in [1.29, 1.82) is 0 Å². The van der Waals surface area contributed by atoms with Crippen molar-refractivity contribution >= 4 is 6.16 Å². The molecule has 0 N–H and O–H groups in total. The topological polar surface area (TPSA) is 54.0 Å². The van der Waals surface area contributed by atoms with Crippen LogP contribution in [-0.2, 0) is 25.6 Å². The van der Waals surface area contributed by atoms with Gasteiger partial charge in [0, 0.05) is 13.7 Å². The van der Waals surface area contributed by atoms with Crippen LogP contribution in [0.25, 0.3) is 0 Å². The van der Waals surface area contributed by atoms with Gasteiger partial charge < -0.3 is 18.9 Å². The molecule has 1 aromatic rings. The molecule has 1 heterocycles. The number of rotatable bonds is 7. The van der Waals surface area contributed by atoms with Crippen molar-refractivity contribution in [3.05, 3.63) is 35.9 Å². The highest BCUT2D eigenvalue weighted by atomic mass is 16.8. The van der Waals surface area contributed by atoms with E-state index in [0.717, 1.165) is 12.0 Å². The standard InChI is InChI=1S/C14H18O5/c1-16-13-12(18-14(15)19-13)8-5-9-17-10-11-6-3-2-4-7-11/h2-4,6-7,12-13H,5,8-10H2,1H3. The van der Waals surface area contributed by atoms with Crippen molar-refractivity contribution in [2.45, 2.75) is 31.8 Å². The minimum absolute atomic E-state index is 0.335. The van der Waals surface area contributed by atoms with Crippen molar-refractivity contribution in [2.24, 2.45) is 0 Å². The highest BCUT2D eigenvalue weighted by Crippen LogP contribution is 2.20. The molecule has 19 heavy (non-hydrogen) atoms. The molecule has 2 atom stereocenters. The summed E-state index contributed by atoms with van der Waals surface area (Å²) >= 11 is 0. The summed E-state index contributed by atoms with van der Waals surface area (Å²) in [5.41, 5.74) is 1.15. The summed E-state index contributed by atoms with van der Waals surface area (Å²) in [6.45, 7) is 1.20. The van der Waals surface area contributed by atoms with Crippen LogP contribution in [0.4, 0.5) is 4.79 Å². The summed E-state index contributed by atoms with van der Waals surface area (Å²) in [6, 6.07) is 9.98. The van der Waals surface area contributed by atoms with Gasteiger partial charge in [0.1, 0.15) is 0 Å². The first-order chi connectivity index (χ1) is 9.29. The van der Waals surface area contributed by atoms with Crippen LogP contribution in [-0.4, -0.2) is 32.3 Å². The van der Waals surface area contributed by atoms with Crippen molar-refractivity contribution < 1.29 is 23.7 Å². The van der Waals surface area contributed by atoms with Gasteiger partial charge in [0.25, 0.3) is 0 Å².